The van der Waals surface area contributed by atoms with E-state index in [-0.39, 0.29) is 6.10 Å². The van der Waals surface area contributed by atoms with E-state index in [1.807, 2.05) is 18.2 Å². The van der Waals surface area contributed by atoms with E-state index < -0.39 is 0 Å². The summed E-state index contributed by atoms with van der Waals surface area (Å²) in [6.07, 6.45) is 2.99. The fourth-order valence-corrected chi connectivity index (χ4v) is 2.20. The topological polar surface area (TPSA) is 29.5 Å². The van der Waals surface area contributed by atoms with Gasteiger partial charge >= 0.3 is 0 Å². The fraction of sp³-hybridized carbons (Fsp3) is 0.500. The van der Waals surface area contributed by atoms with E-state index >= 15 is 0 Å². The number of aliphatic hydroxyl groups excluding tert-OH is 1. The molecule has 0 radical (unpaired) electrons. The number of ether oxygens (including phenoxy) is 1. The highest BCUT2D eigenvalue weighted by molar-refractivity contribution is 5.31. The summed E-state index contributed by atoms with van der Waals surface area (Å²) in [5.74, 6) is 1.19. The molecule has 0 aromatic heterocycles. The maximum atomic E-state index is 9.77. The van der Waals surface area contributed by atoms with E-state index in [4.69, 9.17) is 4.74 Å². The van der Waals surface area contributed by atoms with Crippen LogP contribution >= 0.6 is 0 Å². The smallest absolute Gasteiger partial charge is 0.119 e. The summed E-state index contributed by atoms with van der Waals surface area (Å²) in [6, 6.07) is 8.02. The van der Waals surface area contributed by atoms with Crippen molar-refractivity contribution in [2.24, 2.45) is 0 Å². The molecule has 1 aliphatic carbocycles. The van der Waals surface area contributed by atoms with E-state index in [0.29, 0.717) is 5.92 Å². The molecule has 1 fully saturated rings. The van der Waals surface area contributed by atoms with Gasteiger partial charge in [-0.25, -0.2) is 0 Å². The third kappa shape index (κ3) is 1.75. The molecule has 1 N–H and O–H groups in total. The molecule has 1 aromatic rings. The summed E-state index contributed by atoms with van der Waals surface area (Å²) < 4.78 is 5.17. The summed E-state index contributed by atoms with van der Waals surface area (Å²) in [7, 11) is 1.67. The predicted molar refractivity (Wildman–Crippen MR) is 55.6 cm³/mol. The van der Waals surface area contributed by atoms with Gasteiger partial charge in [0, 0.05) is 5.92 Å². The van der Waals surface area contributed by atoms with Gasteiger partial charge in [0.05, 0.1) is 13.2 Å². The molecule has 1 saturated carbocycles. The Morgan fingerprint density at radius 3 is 2.86 bits per heavy atom. The summed E-state index contributed by atoms with van der Waals surface area (Å²) >= 11 is 0. The van der Waals surface area contributed by atoms with Gasteiger partial charge in [-0.2, -0.15) is 0 Å². The number of hydrogen-bond donors (Lipinski definition) is 1. The Morgan fingerprint density at radius 1 is 1.36 bits per heavy atom. The van der Waals surface area contributed by atoms with Gasteiger partial charge in [0.25, 0.3) is 0 Å². The van der Waals surface area contributed by atoms with Crippen LogP contribution in [0.5, 0.6) is 5.75 Å². The first-order chi connectivity index (χ1) is 6.81. The van der Waals surface area contributed by atoms with Crippen LogP contribution in [0.1, 0.15) is 30.7 Å². The van der Waals surface area contributed by atoms with Crippen LogP contribution < -0.4 is 4.74 Å². The average molecular weight is 192 g/mol. The number of aliphatic hydroxyl groups is 1. The van der Waals surface area contributed by atoms with Gasteiger partial charge in [-0.1, -0.05) is 18.6 Å². The van der Waals surface area contributed by atoms with E-state index in [1.165, 1.54) is 5.56 Å². The Labute approximate surface area is 84.5 Å². The van der Waals surface area contributed by atoms with Crippen molar-refractivity contribution in [3.63, 3.8) is 0 Å². The Balaban J connectivity index is 2.22. The molecule has 0 aliphatic heterocycles. The van der Waals surface area contributed by atoms with E-state index in [1.54, 1.807) is 7.11 Å². The molecule has 0 bridgehead atoms. The summed E-state index contributed by atoms with van der Waals surface area (Å²) in [6.45, 7) is 0. The lowest BCUT2D eigenvalue weighted by molar-refractivity contribution is 0.163. The second kappa shape index (κ2) is 4.01. The number of rotatable bonds is 2. The molecule has 1 aromatic carbocycles. The number of hydrogen-bond acceptors (Lipinski definition) is 2. The third-order valence-electron chi connectivity index (χ3n) is 3.00. The Kier molecular flexibility index (Phi) is 2.73. The molecule has 0 amide bonds. The van der Waals surface area contributed by atoms with Crippen LogP contribution in [0.2, 0.25) is 0 Å². The van der Waals surface area contributed by atoms with E-state index in [2.05, 4.69) is 6.07 Å². The van der Waals surface area contributed by atoms with Crippen molar-refractivity contribution in [2.45, 2.75) is 31.3 Å². The van der Waals surface area contributed by atoms with Crippen LogP contribution in [0, 0.1) is 0 Å². The van der Waals surface area contributed by atoms with Gasteiger partial charge in [-0.3, -0.25) is 0 Å². The second-order valence-corrected chi connectivity index (χ2v) is 3.88. The van der Waals surface area contributed by atoms with Gasteiger partial charge < -0.3 is 9.84 Å². The number of benzene rings is 1. The predicted octanol–water partition coefficient (Wildman–Crippen LogP) is 2.32. The molecular formula is C12H16O2. The molecule has 1 aliphatic rings. The highest BCUT2D eigenvalue weighted by atomic mass is 16.5. The van der Waals surface area contributed by atoms with Gasteiger partial charge in [0.1, 0.15) is 5.75 Å². The van der Waals surface area contributed by atoms with Crippen molar-refractivity contribution in [3.05, 3.63) is 29.8 Å². The molecule has 0 heterocycles. The standard InChI is InChI=1S/C12H16O2/c1-14-10-5-2-4-9(8-10)11-6-3-7-12(11)13/h2,4-5,8,11-13H,3,6-7H2,1H3/t11?,12-/m0/s1. The van der Waals surface area contributed by atoms with Crippen molar-refractivity contribution in [3.8, 4) is 5.75 Å². The van der Waals surface area contributed by atoms with Gasteiger partial charge in [0.15, 0.2) is 0 Å². The molecule has 76 valence electrons. The molecule has 2 rings (SSSR count). The first kappa shape index (κ1) is 9.53. The maximum absolute atomic E-state index is 9.77. The molecular weight excluding hydrogens is 176 g/mol. The molecule has 1 unspecified atom stereocenters. The monoisotopic (exact) mass is 192 g/mol. The first-order valence-electron chi connectivity index (χ1n) is 5.13. The SMILES string of the molecule is COc1cccc(C2CCC[C@@H]2O)c1. The molecule has 14 heavy (non-hydrogen) atoms. The lowest BCUT2D eigenvalue weighted by Gasteiger charge is -2.15. The zero-order valence-corrected chi connectivity index (χ0v) is 8.44. The van der Waals surface area contributed by atoms with Crippen molar-refractivity contribution in [1.82, 2.24) is 0 Å². The molecule has 2 nitrogen and oxygen atoms in total. The van der Waals surface area contributed by atoms with Crippen molar-refractivity contribution < 1.29 is 9.84 Å². The largest absolute Gasteiger partial charge is 0.497 e. The summed E-state index contributed by atoms with van der Waals surface area (Å²) in [5.41, 5.74) is 1.20. The van der Waals surface area contributed by atoms with Crippen LogP contribution in [0.15, 0.2) is 24.3 Å². The average Bonchev–Trinajstić information content (AvgIpc) is 2.65. The van der Waals surface area contributed by atoms with E-state index in [0.717, 1.165) is 25.0 Å². The lowest BCUT2D eigenvalue weighted by Crippen LogP contribution is -2.10. The summed E-state index contributed by atoms with van der Waals surface area (Å²) in [4.78, 5) is 0. The van der Waals surface area contributed by atoms with Gasteiger partial charge in [-0.05, 0) is 30.5 Å². The quantitative estimate of drug-likeness (QED) is 0.779. The van der Waals surface area contributed by atoms with Crippen LogP contribution in [0.3, 0.4) is 0 Å². The molecule has 0 saturated heterocycles. The van der Waals surface area contributed by atoms with Crippen LogP contribution in [0.25, 0.3) is 0 Å². The second-order valence-electron chi connectivity index (χ2n) is 3.88. The van der Waals surface area contributed by atoms with Gasteiger partial charge in [-0.15, -0.1) is 0 Å². The Morgan fingerprint density at radius 2 is 2.21 bits per heavy atom. The van der Waals surface area contributed by atoms with Crippen LogP contribution in [-0.4, -0.2) is 18.3 Å². The Bertz CT molecular complexity index is 309. The minimum absolute atomic E-state index is 0.165. The van der Waals surface area contributed by atoms with Crippen LogP contribution in [0.4, 0.5) is 0 Å². The van der Waals surface area contributed by atoms with Crippen molar-refractivity contribution in [2.75, 3.05) is 7.11 Å². The molecule has 2 heteroatoms. The lowest BCUT2D eigenvalue weighted by atomic mass is 9.96. The highest BCUT2D eigenvalue weighted by Crippen LogP contribution is 2.35. The fourth-order valence-electron chi connectivity index (χ4n) is 2.20. The maximum Gasteiger partial charge on any atom is 0.119 e. The minimum Gasteiger partial charge on any atom is -0.497 e. The zero-order chi connectivity index (χ0) is 9.97. The Hall–Kier alpha value is -1.02. The van der Waals surface area contributed by atoms with Crippen LogP contribution in [-0.2, 0) is 0 Å². The molecule has 2 atom stereocenters. The number of methoxy groups -OCH3 is 1. The van der Waals surface area contributed by atoms with Gasteiger partial charge in [0.2, 0.25) is 0 Å². The first-order valence-corrected chi connectivity index (χ1v) is 5.13. The zero-order valence-electron chi connectivity index (χ0n) is 8.44. The minimum atomic E-state index is -0.165. The van der Waals surface area contributed by atoms with E-state index in [9.17, 15) is 5.11 Å². The normalized spacial score (nSPS) is 26.4. The van der Waals surface area contributed by atoms with Crippen molar-refractivity contribution >= 4 is 0 Å². The highest BCUT2D eigenvalue weighted by Gasteiger charge is 2.26. The third-order valence-corrected chi connectivity index (χ3v) is 3.00. The summed E-state index contributed by atoms with van der Waals surface area (Å²) in [5, 5.41) is 9.77. The molecule has 0 spiro atoms. The van der Waals surface area contributed by atoms with Crippen molar-refractivity contribution in [1.29, 1.82) is 0 Å².